The van der Waals surface area contributed by atoms with Gasteiger partial charge in [-0.2, -0.15) is 0 Å². The Morgan fingerprint density at radius 2 is 2.00 bits per heavy atom. The van der Waals surface area contributed by atoms with Crippen LogP contribution in [0.3, 0.4) is 0 Å². The maximum Gasteiger partial charge on any atom is 0.231 e. The molecule has 2 heterocycles. The van der Waals surface area contributed by atoms with Crippen molar-refractivity contribution in [1.29, 1.82) is 0 Å². The lowest BCUT2D eigenvalue weighted by Crippen LogP contribution is -2.15. The zero-order chi connectivity index (χ0) is 15.7. The molecule has 1 N–H and O–H groups in total. The first-order valence-corrected chi connectivity index (χ1v) is 7.11. The lowest BCUT2D eigenvalue weighted by molar-refractivity contribution is -0.115. The van der Waals surface area contributed by atoms with Gasteiger partial charge >= 0.3 is 0 Å². The number of nitrogens with zero attached hydrogens (tertiary/aromatic N) is 2. The van der Waals surface area contributed by atoms with Crippen LogP contribution in [-0.2, 0) is 11.2 Å². The summed E-state index contributed by atoms with van der Waals surface area (Å²) >= 11 is 0. The molecule has 0 aliphatic carbocycles. The second kappa shape index (κ2) is 5.60. The number of hydrogen-bond donors (Lipinski definition) is 1. The summed E-state index contributed by atoms with van der Waals surface area (Å²) in [6.45, 7) is 5.95. The Hall–Kier alpha value is -2.69. The van der Waals surface area contributed by atoms with Crippen LogP contribution in [0.4, 0.5) is 5.82 Å². The molecule has 1 amide bonds. The molecule has 3 aromatic rings. The van der Waals surface area contributed by atoms with E-state index < -0.39 is 0 Å². The highest BCUT2D eigenvalue weighted by Crippen LogP contribution is 2.24. The third kappa shape index (κ3) is 2.83. The highest BCUT2D eigenvalue weighted by atomic mass is 16.5. The molecule has 5 nitrogen and oxygen atoms in total. The van der Waals surface area contributed by atoms with Crippen LogP contribution in [-0.4, -0.2) is 16.0 Å². The van der Waals surface area contributed by atoms with Gasteiger partial charge in [0.1, 0.15) is 11.5 Å². The van der Waals surface area contributed by atoms with Crippen LogP contribution in [0.2, 0.25) is 0 Å². The Bertz CT molecular complexity index is 835. The summed E-state index contributed by atoms with van der Waals surface area (Å²) in [5.41, 5.74) is 4.59. The molecule has 5 heteroatoms. The molecule has 1 aromatic carbocycles. The zero-order valence-corrected chi connectivity index (χ0v) is 12.8. The number of fused-ring (bicyclic) bond motifs is 1. The topological polar surface area (TPSA) is 68.0 Å². The molecule has 0 aliphatic heterocycles. The molecule has 0 aliphatic rings. The van der Waals surface area contributed by atoms with Gasteiger partial charge in [-0.05, 0) is 49.6 Å². The summed E-state index contributed by atoms with van der Waals surface area (Å²) in [5.74, 6) is 0.377. The number of anilines is 1. The number of carbonyl (C=O) groups is 1. The van der Waals surface area contributed by atoms with E-state index >= 15 is 0 Å². The lowest BCUT2D eigenvalue weighted by atomic mass is 10.0. The number of hydrogen-bond acceptors (Lipinski definition) is 4. The van der Waals surface area contributed by atoms with Crippen LogP contribution in [0, 0.1) is 20.8 Å². The number of pyridine rings is 1. The summed E-state index contributed by atoms with van der Waals surface area (Å²) < 4.78 is 5.33. The fourth-order valence-electron chi connectivity index (χ4n) is 2.52. The average molecular weight is 295 g/mol. The maximum absolute atomic E-state index is 12.2. The molecule has 0 fully saturated rings. The first-order chi connectivity index (χ1) is 10.5. The fraction of sp³-hybridized carbons (Fsp3) is 0.235. The standard InChI is InChI=1S/C17H17N3O2/c1-10-4-5-15(18-9-10)19-16(21)8-13-17-12(3)6-11(2)7-14(17)22-20-13/h4-7,9H,8H2,1-3H3,(H,18,19,21). The Balaban J connectivity index is 1.81. The number of nitrogens with one attached hydrogen (secondary N) is 1. The van der Waals surface area contributed by atoms with E-state index in [1.165, 1.54) is 0 Å². The van der Waals surface area contributed by atoms with Crippen LogP contribution in [0.1, 0.15) is 22.4 Å². The van der Waals surface area contributed by atoms with Gasteiger partial charge < -0.3 is 9.84 Å². The normalized spacial score (nSPS) is 10.9. The van der Waals surface area contributed by atoms with Gasteiger partial charge in [-0.25, -0.2) is 4.98 Å². The van der Waals surface area contributed by atoms with Crippen molar-refractivity contribution in [3.63, 3.8) is 0 Å². The summed E-state index contributed by atoms with van der Waals surface area (Å²) in [4.78, 5) is 16.3. The molecule has 2 aromatic heterocycles. The van der Waals surface area contributed by atoms with Gasteiger partial charge in [0.2, 0.25) is 5.91 Å². The molecule has 0 unspecified atom stereocenters. The number of amides is 1. The molecule has 0 atom stereocenters. The molecular weight excluding hydrogens is 278 g/mol. The van der Waals surface area contributed by atoms with Crippen LogP contribution >= 0.6 is 0 Å². The monoisotopic (exact) mass is 295 g/mol. The molecule has 112 valence electrons. The van der Waals surface area contributed by atoms with Crippen molar-refractivity contribution < 1.29 is 9.32 Å². The van der Waals surface area contributed by atoms with Crippen LogP contribution < -0.4 is 5.32 Å². The largest absolute Gasteiger partial charge is 0.356 e. The Labute approximate surface area is 128 Å². The molecule has 0 radical (unpaired) electrons. The van der Waals surface area contributed by atoms with E-state index in [0.29, 0.717) is 17.1 Å². The quantitative estimate of drug-likeness (QED) is 0.804. The highest BCUT2D eigenvalue weighted by molar-refractivity contribution is 5.94. The van der Waals surface area contributed by atoms with Crippen LogP contribution in [0.5, 0.6) is 0 Å². The highest BCUT2D eigenvalue weighted by Gasteiger charge is 2.15. The molecule has 3 rings (SSSR count). The minimum absolute atomic E-state index is 0.159. The maximum atomic E-state index is 12.2. The fourth-order valence-corrected chi connectivity index (χ4v) is 2.52. The molecule has 0 saturated heterocycles. The smallest absolute Gasteiger partial charge is 0.231 e. The number of rotatable bonds is 3. The second-order valence-corrected chi connectivity index (χ2v) is 5.53. The van der Waals surface area contributed by atoms with E-state index in [4.69, 9.17) is 4.52 Å². The second-order valence-electron chi connectivity index (χ2n) is 5.53. The third-order valence-corrected chi connectivity index (χ3v) is 3.49. The van der Waals surface area contributed by atoms with Gasteiger partial charge in [0, 0.05) is 11.6 Å². The van der Waals surface area contributed by atoms with Gasteiger partial charge in [0.05, 0.1) is 6.42 Å². The van der Waals surface area contributed by atoms with Crippen molar-refractivity contribution in [2.24, 2.45) is 0 Å². The van der Waals surface area contributed by atoms with E-state index in [2.05, 4.69) is 21.5 Å². The third-order valence-electron chi connectivity index (χ3n) is 3.49. The number of carbonyl (C=O) groups excluding carboxylic acids is 1. The van der Waals surface area contributed by atoms with Crippen LogP contribution in [0.25, 0.3) is 11.0 Å². The predicted octanol–water partition coefficient (Wildman–Crippen LogP) is 3.33. The summed E-state index contributed by atoms with van der Waals surface area (Å²) in [6, 6.07) is 7.67. The Kier molecular flexibility index (Phi) is 3.63. The first-order valence-electron chi connectivity index (χ1n) is 7.11. The van der Waals surface area contributed by atoms with E-state index in [1.807, 2.05) is 32.9 Å². The van der Waals surface area contributed by atoms with Gasteiger partial charge in [-0.15, -0.1) is 0 Å². The van der Waals surface area contributed by atoms with Crippen molar-refractivity contribution in [1.82, 2.24) is 10.1 Å². The zero-order valence-electron chi connectivity index (χ0n) is 12.8. The van der Waals surface area contributed by atoms with Crippen molar-refractivity contribution in [2.75, 3.05) is 5.32 Å². The van der Waals surface area contributed by atoms with Crippen molar-refractivity contribution in [2.45, 2.75) is 27.2 Å². The van der Waals surface area contributed by atoms with Crippen molar-refractivity contribution in [3.05, 3.63) is 52.8 Å². The summed E-state index contributed by atoms with van der Waals surface area (Å²) in [7, 11) is 0. The lowest BCUT2D eigenvalue weighted by Gasteiger charge is -2.04. The first kappa shape index (κ1) is 14.3. The molecular formula is C17H17N3O2. The van der Waals surface area contributed by atoms with E-state index in [0.717, 1.165) is 22.1 Å². The van der Waals surface area contributed by atoms with Crippen molar-refractivity contribution >= 4 is 22.7 Å². The van der Waals surface area contributed by atoms with Gasteiger partial charge in [-0.1, -0.05) is 17.3 Å². The van der Waals surface area contributed by atoms with E-state index in [9.17, 15) is 4.79 Å². The van der Waals surface area contributed by atoms with E-state index in [-0.39, 0.29) is 12.3 Å². The van der Waals surface area contributed by atoms with Gasteiger partial charge in [0.15, 0.2) is 5.58 Å². The van der Waals surface area contributed by atoms with Gasteiger partial charge in [-0.3, -0.25) is 4.79 Å². The summed E-state index contributed by atoms with van der Waals surface area (Å²) in [6.07, 6.45) is 1.88. The minimum Gasteiger partial charge on any atom is -0.356 e. The van der Waals surface area contributed by atoms with E-state index in [1.54, 1.807) is 12.3 Å². The minimum atomic E-state index is -0.161. The van der Waals surface area contributed by atoms with Crippen molar-refractivity contribution in [3.8, 4) is 0 Å². The SMILES string of the molecule is Cc1ccc(NC(=O)Cc2noc3cc(C)cc(C)c23)nc1. The van der Waals surface area contributed by atoms with Gasteiger partial charge in [0.25, 0.3) is 0 Å². The molecule has 0 saturated carbocycles. The average Bonchev–Trinajstić information content (AvgIpc) is 2.84. The molecule has 0 bridgehead atoms. The number of aryl methyl sites for hydroxylation is 3. The number of aromatic nitrogens is 2. The molecule has 0 spiro atoms. The van der Waals surface area contributed by atoms with Crippen LogP contribution in [0.15, 0.2) is 35.0 Å². The Morgan fingerprint density at radius 3 is 2.73 bits per heavy atom. The predicted molar refractivity (Wildman–Crippen MR) is 84.8 cm³/mol. The summed E-state index contributed by atoms with van der Waals surface area (Å²) in [5, 5.41) is 7.72. The Morgan fingerprint density at radius 1 is 1.18 bits per heavy atom. The number of benzene rings is 1. The molecule has 22 heavy (non-hydrogen) atoms.